The first-order valence-electron chi connectivity index (χ1n) is 10.8. The minimum Gasteiger partial charge on any atom is -0.488 e. The fourth-order valence-electron chi connectivity index (χ4n) is 3.53. The summed E-state index contributed by atoms with van der Waals surface area (Å²) in [5.74, 6) is -0.00220. The van der Waals surface area contributed by atoms with E-state index in [9.17, 15) is 18.0 Å². The molecule has 0 heterocycles. The first kappa shape index (κ1) is 24.0. The average molecular weight is 494 g/mol. The van der Waals surface area contributed by atoms with Crippen LogP contribution in [0.25, 0.3) is 10.8 Å². The van der Waals surface area contributed by atoms with E-state index in [-0.39, 0.29) is 35.1 Å². The minimum absolute atomic E-state index is 0.0326. The topological polar surface area (TPSA) is 56.8 Å². The third-order valence-corrected chi connectivity index (χ3v) is 5.64. The molecule has 5 nitrogen and oxygen atoms in total. The molecule has 1 fully saturated rings. The molecule has 1 unspecified atom stereocenters. The number of carbonyl (C=O) groups excluding carboxylic acids is 1. The van der Waals surface area contributed by atoms with Crippen LogP contribution in [0, 0.1) is 5.92 Å². The van der Waals surface area contributed by atoms with E-state index >= 15 is 0 Å². The number of nitrogens with one attached hydrogen (secondary N) is 1. The van der Waals surface area contributed by atoms with Gasteiger partial charge in [-0.1, -0.05) is 29.8 Å². The van der Waals surface area contributed by atoms with Gasteiger partial charge in [0.05, 0.1) is 17.7 Å². The number of hydrogen-bond acceptors (Lipinski definition) is 4. The zero-order valence-corrected chi connectivity index (χ0v) is 19.3. The van der Waals surface area contributed by atoms with Gasteiger partial charge in [0.15, 0.2) is 11.5 Å². The molecule has 1 atom stereocenters. The zero-order valence-electron chi connectivity index (χ0n) is 18.5. The Bertz CT molecular complexity index is 1210. The molecule has 9 heteroatoms. The van der Waals surface area contributed by atoms with Crippen LogP contribution in [0.3, 0.4) is 0 Å². The van der Waals surface area contributed by atoms with Crippen molar-refractivity contribution in [3.63, 3.8) is 0 Å². The molecule has 0 aromatic heterocycles. The Balaban J connectivity index is 1.57. The molecule has 1 N–H and O–H groups in total. The Morgan fingerprint density at radius 1 is 1.09 bits per heavy atom. The fourth-order valence-corrected chi connectivity index (χ4v) is 3.78. The van der Waals surface area contributed by atoms with Crippen LogP contribution in [-0.2, 0) is 4.79 Å². The van der Waals surface area contributed by atoms with Gasteiger partial charge in [0.2, 0.25) is 5.91 Å². The summed E-state index contributed by atoms with van der Waals surface area (Å²) in [5.41, 5.74) is 0.943. The van der Waals surface area contributed by atoms with Crippen LogP contribution < -0.4 is 19.5 Å². The maximum Gasteiger partial charge on any atom is 0.573 e. The van der Waals surface area contributed by atoms with Crippen molar-refractivity contribution in [3.05, 3.63) is 59.1 Å². The molecular weight excluding hydrogens is 471 g/mol. The lowest BCUT2D eigenvalue weighted by Crippen LogP contribution is -2.23. The third kappa shape index (κ3) is 6.26. The van der Waals surface area contributed by atoms with Gasteiger partial charge >= 0.3 is 6.36 Å². The van der Waals surface area contributed by atoms with Crippen molar-refractivity contribution in [2.24, 2.45) is 5.92 Å². The molecule has 3 aromatic rings. The number of alkyl halides is 3. The highest BCUT2D eigenvalue weighted by Gasteiger charge is 2.34. The summed E-state index contributed by atoms with van der Waals surface area (Å²) in [5, 5.41) is 4.59. The number of rotatable bonds is 8. The number of fused-ring (bicyclic) bond motifs is 1. The first-order valence-corrected chi connectivity index (χ1v) is 11.2. The van der Waals surface area contributed by atoms with Crippen LogP contribution in [-0.4, -0.2) is 18.9 Å². The van der Waals surface area contributed by atoms with Crippen molar-refractivity contribution in [2.45, 2.75) is 39.1 Å². The van der Waals surface area contributed by atoms with Crippen LogP contribution in [0.15, 0.2) is 48.5 Å². The molecule has 0 aliphatic heterocycles. The van der Waals surface area contributed by atoms with Crippen molar-refractivity contribution in [2.75, 3.05) is 6.61 Å². The Labute approximate surface area is 199 Å². The minimum atomic E-state index is -4.91. The summed E-state index contributed by atoms with van der Waals surface area (Å²) in [4.78, 5) is 11.3. The molecule has 0 saturated heterocycles. The molecule has 4 rings (SSSR count). The maximum absolute atomic E-state index is 13.0. The Kier molecular flexibility index (Phi) is 6.79. The van der Waals surface area contributed by atoms with Gasteiger partial charge in [-0.05, 0) is 60.2 Å². The van der Waals surface area contributed by atoms with E-state index in [2.05, 4.69) is 10.1 Å². The van der Waals surface area contributed by atoms with Crippen molar-refractivity contribution in [3.8, 4) is 23.0 Å². The van der Waals surface area contributed by atoms with Crippen LogP contribution >= 0.6 is 11.6 Å². The Hall–Kier alpha value is -3.13. The van der Waals surface area contributed by atoms with Crippen molar-refractivity contribution < 1.29 is 32.2 Å². The van der Waals surface area contributed by atoms with E-state index < -0.39 is 12.1 Å². The van der Waals surface area contributed by atoms with Crippen LogP contribution in [0.2, 0.25) is 5.02 Å². The quantitative estimate of drug-likeness (QED) is 0.361. The van der Waals surface area contributed by atoms with Crippen molar-refractivity contribution in [1.82, 2.24) is 5.32 Å². The summed E-state index contributed by atoms with van der Waals surface area (Å²) >= 11 is 6.23. The number of benzene rings is 3. The number of ether oxygens (including phenoxy) is 3. The summed E-state index contributed by atoms with van der Waals surface area (Å²) in [6, 6.07) is 13.4. The summed E-state index contributed by atoms with van der Waals surface area (Å²) < 4.78 is 54.4. The molecule has 1 amide bonds. The third-order valence-electron chi connectivity index (χ3n) is 5.36. The molecule has 0 bridgehead atoms. The van der Waals surface area contributed by atoms with E-state index in [0.29, 0.717) is 11.7 Å². The predicted molar refractivity (Wildman–Crippen MR) is 123 cm³/mol. The molecule has 0 radical (unpaired) electrons. The van der Waals surface area contributed by atoms with E-state index in [0.717, 1.165) is 35.2 Å². The summed E-state index contributed by atoms with van der Waals surface area (Å²) in [6.45, 7) is 3.63. The van der Waals surface area contributed by atoms with Crippen LogP contribution in [0.5, 0.6) is 23.0 Å². The second kappa shape index (κ2) is 9.62. The van der Waals surface area contributed by atoms with Gasteiger partial charge in [0.1, 0.15) is 11.5 Å². The molecule has 1 saturated carbocycles. The van der Waals surface area contributed by atoms with Crippen LogP contribution in [0.1, 0.15) is 38.3 Å². The normalized spacial score (nSPS) is 14.5. The van der Waals surface area contributed by atoms with Gasteiger partial charge in [-0.3, -0.25) is 4.79 Å². The highest BCUT2D eigenvalue weighted by Crippen LogP contribution is 2.44. The number of halogens is 4. The smallest absolute Gasteiger partial charge is 0.488 e. The number of amides is 1. The lowest BCUT2D eigenvalue weighted by atomic mass is 10.0. The van der Waals surface area contributed by atoms with Gasteiger partial charge < -0.3 is 19.5 Å². The van der Waals surface area contributed by atoms with E-state index in [4.69, 9.17) is 21.1 Å². The standard InChI is InChI=1S/C25H23ClF3NO4/c1-14(30-15(2)31)17-5-6-19-10-20(8-7-18(19)9-17)33-21-11-22(26)24(32-13-16-3-4-16)23(12-21)34-25(27,28)29/h5-12,14,16H,3-4,13H2,1-2H3,(H,30,31). The van der Waals surface area contributed by atoms with Gasteiger partial charge in [0, 0.05) is 19.1 Å². The Morgan fingerprint density at radius 3 is 2.47 bits per heavy atom. The molecule has 34 heavy (non-hydrogen) atoms. The van der Waals surface area contributed by atoms with E-state index in [1.54, 1.807) is 12.1 Å². The average Bonchev–Trinajstić information content (AvgIpc) is 3.55. The van der Waals surface area contributed by atoms with E-state index in [1.807, 2.05) is 31.2 Å². The monoisotopic (exact) mass is 493 g/mol. The zero-order chi connectivity index (χ0) is 24.5. The second-order valence-electron chi connectivity index (χ2n) is 8.33. The van der Waals surface area contributed by atoms with Gasteiger partial charge in [-0.2, -0.15) is 0 Å². The number of carbonyl (C=O) groups is 1. The first-order chi connectivity index (χ1) is 16.1. The maximum atomic E-state index is 13.0. The fraction of sp³-hybridized carbons (Fsp3) is 0.320. The molecule has 1 aliphatic rings. The highest BCUT2D eigenvalue weighted by molar-refractivity contribution is 6.32. The Morgan fingerprint density at radius 2 is 1.79 bits per heavy atom. The SMILES string of the molecule is CC(=O)NC(C)c1ccc2cc(Oc3cc(Cl)c(OCC4CC4)c(OC(F)(F)F)c3)ccc2c1. The highest BCUT2D eigenvalue weighted by atomic mass is 35.5. The lowest BCUT2D eigenvalue weighted by Gasteiger charge is -2.17. The summed E-state index contributed by atoms with van der Waals surface area (Å²) in [7, 11) is 0. The lowest BCUT2D eigenvalue weighted by molar-refractivity contribution is -0.275. The molecule has 3 aromatic carbocycles. The molecular formula is C25H23ClF3NO4. The van der Waals surface area contributed by atoms with Gasteiger partial charge in [-0.15, -0.1) is 13.2 Å². The van der Waals surface area contributed by atoms with Gasteiger partial charge in [-0.25, -0.2) is 0 Å². The molecule has 180 valence electrons. The molecule has 0 spiro atoms. The van der Waals surface area contributed by atoms with E-state index in [1.165, 1.54) is 13.0 Å². The molecule has 1 aliphatic carbocycles. The summed E-state index contributed by atoms with van der Waals surface area (Å²) in [6.07, 6.45) is -2.96. The van der Waals surface area contributed by atoms with Gasteiger partial charge in [0.25, 0.3) is 0 Å². The largest absolute Gasteiger partial charge is 0.573 e. The predicted octanol–water partition coefficient (Wildman–Crippen LogP) is 7.17. The van der Waals surface area contributed by atoms with Crippen molar-refractivity contribution in [1.29, 1.82) is 0 Å². The second-order valence-corrected chi connectivity index (χ2v) is 8.73. The van der Waals surface area contributed by atoms with Crippen molar-refractivity contribution >= 4 is 28.3 Å². The van der Waals surface area contributed by atoms with Crippen LogP contribution in [0.4, 0.5) is 13.2 Å². The number of hydrogen-bond donors (Lipinski definition) is 1.